The fourth-order valence-electron chi connectivity index (χ4n) is 2.92. The predicted molar refractivity (Wildman–Crippen MR) is 84.2 cm³/mol. The van der Waals surface area contributed by atoms with E-state index in [4.69, 9.17) is 4.74 Å². The molecule has 4 nitrogen and oxygen atoms in total. The first-order valence-electron chi connectivity index (χ1n) is 7.80. The summed E-state index contributed by atoms with van der Waals surface area (Å²) in [6.45, 7) is 6.25. The van der Waals surface area contributed by atoms with Crippen molar-refractivity contribution in [3.63, 3.8) is 0 Å². The molecule has 4 heteroatoms. The number of unbranched alkanes of at least 4 members (excludes halogenated alkanes) is 1. The highest BCUT2D eigenvalue weighted by atomic mass is 16.5. The summed E-state index contributed by atoms with van der Waals surface area (Å²) in [7, 11) is 1.66. The lowest BCUT2D eigenvalue weighted by Gasteiger charge is -2.31. The van der Waals surface area contributed by atoms with Crippen LogP contribution in [0.15, 0.2) is 24.3 Å². The van der Waals surface area contributed by atoms with E-state index in [1.165, 1.54) is 0 Å². The molecule has 1 amide bonds. The van der Waals surface area contributed by atoms with Crippen LogP contribution in [0, 0.1) is 0 Å². The summed E-state index contributed by atoms with van der Waals surface area (Å²) in [5, 5.41) is 3.40. The van der Waals surface area contributed by atoms with Gasteiger partial charge in [0.15, 0.2) is 0 Å². The zero-order valence-electron chi connectivity index (χ0n) is 13.4. The number of ether oxygens (including phenoxy) is 1. The molecule has 0 bridgehead atoms. The Kier molecular flexibility index (Phi) is 5.23. The molecular formula is C17H26N2O2. The number of rotatable bonds is 6. The van der Waals surface area contributed by atoms with E-state index in [9.17, 15) is 4.79 Å². The largest absolute Gasteiger partial charge is 0.497 e. The second-order valence-electron chi connectivity index (χ2n) is 5.80. The summed E-state index contributed by atoms with van der Waals surface area (Å²) in [5.41, 5.74) is 1.08. The van der Waals surface area contributed by atoms with Gasteiger partial charge in [-0.2, -0.15) is 0 Å². The third-order valence-corrected chi connectivity index (χ3v) is 4.17. The average molecular weight is 290 g/mol. The van der Waals surface area contributed by atoms with Gasteiger partial charge in [0.1, 0.15) is 11.9 Å². The van der Waals surface area contributed by atoms with E-state index in [1.54, 1.807) is 7.11 Å². The van der Waals surface area contributed by atoms with Gasteiger partial charge in [-0.1, -0.05) is 31.9 Å². The summed E-state index contributed by atoms with van der Waals surface area (Å²) in [4.78, 5) is 14.5. The maximum Gasteiger partial charge on any atom is 0.241 e. The Morgan fingerprint density at radius 3 is 2.86 bits per heavy atom. The quantitative estimate of drug-likeness (QED) is 0.875. The molecule has 1 aromatic carbocycles. The number of nitrogens with zero attached hydrogens (tertiary/aromatic N) is 1. The maximum atomic E-state index is 12.5. The Morgan fingerprint density at radius 2 is 2.19 bits per heavy atom. The van der Waals surface area contributed by atoms with Gasteiger partial charge in [-0.3, -0.25) is 10.1 Å². The predicted octanol–water partition coefficient (Wildman–Crippen LogP) is 3.09. The van der Waals surface area contributed by atoms with Crippen LogP contribution in [0.4, 0.5) is 0 Å². The molecule has 116 valence electrons. The highest BCUT2D eigenvalue weighted by Gasteiger charge is 2.39. The summed E-state index contributed by atoms with van der Waals surface area (Å²) in [6, 6.07) is 8.05. The second kappa shape index (κ2) is 6.94. The molecule has 21 heavy (non-hydrogen) atoms. The number of hydrogen-bond acceptors (Lipinski definition) is 3. The molecule has 3 unspecified atom stereocenters. The molecule has 1 heterocycles. The van der Waals surface area contributed by atoms with Crippen LogP contribution in [0.25, 0.3) is 0 Å². The molecule has 1 fully saturated rings. The van der Waals surface area contributed by atoms with Crippen LogP contribution in [-0.2, 0) is 4.79 Å². The van der Waals surface area contributed by atoms with Gasteiger partial charge in [0.05, 0.1) is 13.2 Å². The smallest absolute Gasteiger partial charge is 0.241 e. The molecule has 0 aromatic heterocycles. The first-order valence-corrected chi connectivity index (χ1v) is 7.80. The van der Waals surface area contributed by atoms with E-state index in [2.05, 4.69) is 19.2 Å². The first kappa shape index (κ1) is 15.8. The summed E-state index contributed by atoms with van der Waals surface area (Å²) >= 11 is 0. The van der Waals surface area contributed by atoms with Crippen molar-refractivity contribution in [2.24, 2.45) is 0 Å². The Hall–Kier alpha value is -1.55. The molecule has 0 spiro atoms. The van der Waals surface area contributed by atoms with Gasteiger partial charge >= 0.3 is 0 Å². The van der Waals surface area contributed by atoms with Gasteiger partial charge in [-0.25, -0.2) is 0 Å². The highest BCUT2D eigenvalue weighted by molar-refractivity contribution is 5.84. The SMILES string of the molecule is CCCCC(C)N1C(=O)C(C)NC1c1cccc(OC)c1. The molecule has 0 radical (unpaired) electrons. The molecule has 1 saturated heterocycles. The topological polar surface area (TPSA) is 41.6 Å². The van der Waals surface area contributed by atoms with Crippen molar-refractivity contribution in [1.82, 2.24) is 10.2 Å². The molecule has 0 aliphatic carbocycles. The van der Waals surface area contributed by atoms with Gasteiger partial charge in [0, 0.05) is 6.04 Å². The number of hydrogen-bond donors (Lipinski definition) is 1. The molecular weight excluding hydrogens is 264 g/mol. The minimum absolute atomic E-state index is 0.0607. The van der Waals surface area contributed by atoms with Crippen molar-refractivity contribution in [1.29, 1.82) is 0 Å². The third kappa shape index (κ3) is 3.38. The van der Waals surface area contributed by atoms with Gasteiger partial charge < -0.3 is 9.64 Å². The molecule has 1 aromatic rings. The summed E-state index contributed by atoms with van der Waals surface area (Å²) in [5.74, 6) is 1.01. The first-order chi connectivity index (χ1) is 10.1. The fourth-order valence-corrected chi connectivity index (χ4v) is 2.92. The van der Waals surface area contributed by atoms with Crippen LogP contribution in [0.5, 0.6) is 5.75 Å². The Morgan fingerprint density at radius 1 is 1.43 bits per heavy atom. The van der Waals surface area contributed by atoms with Crippen LogP contribution in [0.3, 0.4) is 0 Å². The molecule has 0 saturated carbocycles. The average Bonchev–Trinajstić information content (AvgIpc) is 2.80. The van der Waals surface area contributed by atoms with Crippen LogP contribution >= 0.6 is 0 Å². The van der Waals surface area contributed by atoms with E-state index in [0.717, 1.165) is 30.6 Å². The number of nitrogens with one attached hydrogen (secondary N) is 1. The number of carbonyl (C=O) groups is 1. The minimum Gasteiger partial charge on any atom is -0.497 e. The summed E-state index contributed by atoms with van der Waals surface area (Å²) in [6.07, 6.45) is 3.27. The van der Waals surface area contributed by atoms with Crippen molar-refractivity contribution in [3.8, 4) is 5.75 Å². The van der Waals surface area contributed by atoms with Gasteiger partial charge in [-0.05, 0) is 38.0 Å². The Balaban J connectivity index is 2.24. The number of carbonyl (C=O) groups excluding carboxylic acids is 1. The monoisotopic (exact) mass is 290 g/mol. The van der Waals surface area contributed by atoms with Crippen LogP contribution < -0.4 is 10.1 Å². The normalized spacial score (nSPS) is 23.4. The summed E-state index contributed by atoms with van der Waals surface area (Å²) < 4.78 is 5.30. The van der Waals surface area contributed by atoms with Crippen LogP contribution in [0.2, 0.25) is 0 Å². The van der Waals surface area contributed by atoms with E-state index in [1.807, 2.05) is 36.1 Å². The Bertz CT molecular complexity index is 489. The maximum absolute atomic E-state index is 12.5. The van der Waals surface area contributed by atoms with Crippen LogP contribution in [-0.4, -0.2) is 30.0 Å². The molecule has 2 rings (SSSR count). The molecule has 1 N–H and O–H groups in total. The van der Waals surface area contributed by atoms with Crippen molar-refractivity contribution in [2.45, 2.75) is 58.3 Å². The van der Waals surface area contributed by atoms with Gasteiger partial charge in [0.2, 0.25) is 5.91 Å². The van der Waals surface area contributed by atoms with Crippen molar-refractivity contribution in [3.05, 3.63) is 29.8 Å². The van der Waals surface area contributed by atoms with Gasteiger partial charge in [-0.15, -0.1) is 0 Å². The third-order valence-electron chi connectivity index (χ3n) is 4.17. The van der Waals surface area contributed by atoms with Crippen molar-refractivity contribution in [2.75, 3.05) is 7.11 Å². The van der Waals surface area contributed by atoms with Gasteiger partial charge in [0.25, 0.3) is 0 Å². The Labute approximate surface area is 127 Å². The highest BCUT2D eigenvalue weighted by Crippen LogP contribution is 2.30. The number of benzene rings is 1. The van der Waals surface area contributed by atoms with E-state index < -0.39 is 0 Å². The zero-order chi connectivity index (χ0) is 15.4. The van der Waals surface area contributed by atoms with Crippen LogP contribution in [0.1, 0.15) is 51.8 Å². The zero-order valence-corrected chi connectivity index (χ0v) is 13.4. The second-order valence-corrected chi connectivity index (χ2v) is 5.80. The van der Waals surface area contributed by atoms with E-state index in [-0.39, 0.29) is 24.2 Å². The molecule has 3 atom stereocenters. The molecule has 1 aliphatic rings. The van der Waals surface area contributed by atoms with E-state index >= 15 is 0 Å². The lowest BCUT2D eigenvalue weighted by Crippen LogP contribution is -2.38. The fraction of sp³-hybridized carbons (Fsp3) is 0.588. The van der Waals surface area contributed by atoms with E-state index in [0.29, 0.717) is 0 Å². The lowest BCUT2D eigenvalue weighted by atomic mass is 10.1. The van der Waals surface area contributed by atoms with Crippen molar-refractivity contribution < 1.29 is 9.53 Å². The molecule has 1 aliphatic heterocycles. The number of methoxy groups -OCH3 is 1. The van der Waals surface area contributed by atoms with Crippen molar-refractivity contribution >= 4 is 5.91 Å². The number of amides is 1. The minimum atomic E-state index is -0.134. The lowest BCUT2D eigenvalue weighted by molar-refractivity contribution is -0.131. The standard InChI is InChI=1S/C17H26N2O2/c1-5-6-8-12(2)19-16(18-13(3)17(19)20)14-9-7-10-15(11-14)21-4/h7,9-13,16,18H,5-6,8H2,1-4H3.